The number of carbonyl (C=O) groups is 2. The van der Waals surface area contributed by atoms with Gasteiger partial charge in [-0.2, -0.15) is 4.31 Å². The first-order valence-electron chi connectivity index (χ1n) is 9.69. The van der Waals surface area contributed by atoms with Crippen LogP contribution in [0, 0.1) is 0 Å². The van der Waals surface area contributed by atoms with E-state index in [0.717, 1.165) is 0 Å². The van der Waals surface area contributed by atoms with Crippen molar-refractivity contribution in [3.63, 3.8) is 0 Å². The summed E-state index contributed by atoms with van der Waals surface area (Å²) >= 11 is 0. The van der Waals surface area contributed by atoms with Gasteiger partial charge in [-0.15, -0.1) is 0 Å². The van der Waals surface area contributed by atoms with Crippen molar-refractivity contribution < 1.29 is 27.5 Å². The maximum atomic E-state index is 13.2. The molecule has 2 aliphatic rings. The Morgan fingerprint density at radius 2 is 1.83 bits per heavy atom. The molecule has 0 spiro atoms. The van der Waals surface area contributed by atoms with E-state index in [9.17, 15) is 18.0 Å². The van der Waals surface area contributed by atoms with Crippen molar-refractivity contribution in [2.24, 2.45) is 0 Å². The van der Waals surface area contributed by atoms with E-state index in [4.69, 9.17) is 9.47 Å². The van der Waals surface area contributed by atoms with E-state index in [1.165, 1.54) is 23.4 Å². The van der Waals surface area contributed by atoms with Crippen LogP contribution in [0.3, 0.4) is 0 Å². The third-order valence-electron chi connectivity index (χ3n) is 5.16. The SMILES string of the molecule is CC(=O)c1cccc(NC(=O)C2CCCN2S(=O)(=O)c2ccc3c(c2)OCCO3)c1. The third-order valence-corrected chi connectivity index (χ3v) is 7.07. The minimum atomic E-state index is -3.90. The van der Waals surface area contributed by atoms with Gasteiger partial charge in [-0.1, -0.05) is 12.1 Å². The van der Waals surface area contributed by atoms with Crippen molar-refractivity contribution >= 4 is 27.4 Å². The Morgan fingerprint density at radius 1 is 1.07 bits per heavy atom. The van der Waals surface area contributed by atoms with Crippen molar-refractivity contribution in [1.82, 2.24) is 4.31 Å². The van der Waals surface area contributed by atoms with E-state index < -0.39 is 22.0 Å². The minimum absolute atomic E-state index is 0.0602. The van der Waals surface area contributed by atoms with Gasteiger partial charge >= 0.3 is 0 Å². The number of nitrogens with zero attached hydrogens (tertiary/aromatic N) is 1. The molecule has 2 aromatic carbocycles. The van der Waals surface area contributed by atoms with Crippen LogP contribution < -0.4 is 14.8 Å². The van der Waals surface area contributed by atoms with Gasteiger partial charge in [0.25, 0.3) is 0 Å². The summed E-state index contributed by atoms with van der Waals surface area (Å²) in [6.45, 7) is 2.46. The lowest BCUT2D eigenvalue weighted by Crippen LogP contribution is -2.43. The lowest BCUT2D eigenvalue weighted by atomic mass is 10.1. The predicted molar refractivity (Wildman–Crippen MR) is 109 cm³/mol. The Bertz CT molecular complexity index is 1100. The molecule has 2 aromatic rings. The van der Waals surface area contributed by atoms with Gasteiger partial charge in [0.05, 0.1) is 4.90 Å². The molecule has 2 aliphatic heterocycles. The second-order valence-electron chi connectivity index (χ2n) is 7.21. The molecular formula is C21H22N2O6S. The molecule has 0 bridgehead atoms. The molecule has 158 valence electrons. The summed E-state index contributed by atoms with van der Waals surface area (Å²) in [6.07, 6.45) is 0.997. The molecule has 1 amide bonds. The molecule has 0 aromatic heterocycles. The Labute approximate surface area is 174 Å². The van der Waals surface area contributed by atoms with Gasteiger partial charge in [-0.05, 0) is 44.0 Å². The van der Waals surface area contributed by atoms with E-state index in [1.54, 1.807) is 30.3 Å². The van der Waals surface area contributed by atoms with Crippen LogP contribution in [0.25, 0.3) is 0 Å². The molecule has 1 atom stereocenters. The number of ether oxygens (including phenoxy) is 2. The monoisotopic (exact) mass is 430 g/mol. The number of nitrogens with one attached hydrogen (secondary N) is 1. The second-order valence-corrected chi connectivity index (χ2v) is 9.10. The highest BCUT2D eigenvalue weighted by molar-refractivity contribution is 7.89. The summed E-state index contributed by atoms with van der Waals surface area (Å²) < 4.78 is 38.6. The van der Waals surface area contributed by atoms with E-state index in [1.807, 2.05) is 0 Å². The zero-order valence-electron chi connectivity index (χ0n) is 16.5. The van der Waals surface area contributed by atoms with Crippen molar-refractivity contribution in [1.29, 1.82) is 0 Å². The molecule has 30 heavy (non-hydrogen) atoms. The van der Waals surface area contributed by atoms with Crippen LogP contribution in [-0.4, -0.2) is 50.2 Å². The van der Waals surface area contributed by atoms with Gasteiger partial charge in [0.1, 0.15) is 19.3 Å². The van der Waals surface area contributed by atoms with E-state index in [2.05, 4.69) is 5.32 Å². The molecular weight excluding hydrogens is 408 g/mol. The first-order valence-corrected chi connectivity index (χ1v) is 11.1. The number of Topliss-reactive ketones (excluding diaryl/α,β-unsaturated/α-hetero) is 1. The topological polar surface area (TPSA) is 102 Å². The molecule has 2 heterocycles. The van der Waals surface area contributed by atoms with Crippen LogP contribution >= 0.6 is 0 Å². The number of rotatable bonds is 5. The van der Waals surface area contributed by atoms with E-state index in [-0.39, 0.29) is 17.2 Å². The Hall–Kier alpha value is -2.91. The average Bonchev–Trinajstić information content (AvgIpc) is 3.24. The smallest absolute Gasteiger partial charge is 0.243 e. The molecule has 8 nitrogen and oxygen atoms in total. The highest BCUT2D eigenvalue weighted by Gasteiger charge is 2.40. The molecule has 1 saturated heterocycles. The number of anilines is 1. The fraction of sp³-hybridized carbons (Fsp3) is 0.333. The molecule has 1 fully saturated rings. The van der Waals surface area contributed by atoms with Crippen molar-refractivity contribution in [2.45, 2.75) is 30.7 Å². The number of ketones is 1. The molecule has 4 rings (SSSR count). The lowest BCUT2D eigenvalue weighted by molar-refractivity contribution is -0.119. The highest BCUT2D eigenvalue weighted by Crippen LogP contribution is 2.35. The molecule has 0 aliphatic carbocycles. The first-order chi connectivity index (χ1) is 14.4. The Kier molecular flexibility index (Phi) is 5.48. The maximum Gasteiger partial charge on any atom is 0.243 e. The van der Waals surface area contributed by atoms with Gasteiger partial charge in [0.2, 0.25) is 15.9 Å². The number of hydrogen-bond donors (Lipinski definition) is 1. The lowest BCUT2D eigenvalue weighted by Gasteiger charge is -2.24. The average molecular weight is 430 g/mol. The number of fused-ring (bicyclic) bond motifs is 1. The predicted octanol–water partition coefficient (Wildman–Crippen LogP) is 2.45. The molecule has 1 N–H and O–H groups in total. The van der Waals surface area contributed by atoms with Crippen LogP contribution in [0.15, 0.2) is 47.4 Å². The van der Waals surface area contributed by atoms with Crippen molar-refractivity contribution in [3.05, 3.63) is 48.0 Å². The van der Waals surface area contributed by atoms with Gasteiger partial charge in [-0.3, -0.25) is 9.59 Å². The van der Waals surface area contributed by atoms with Crippen LogP contribution in [0.1, 0.15) is 30.1 Å². The Balaban J connectivity index is 1.56. The zero-order chi connectivity index (χ0) is 21.3. The maximum absolute atomic E-state index is 13.2. The molecule has 1 unspecified atom stereocenters. The van der Waals surface area contributed by atoms with Gasteiger partial charge in [0.15, 0.2) is 17.3 Å². The van der Waals surface area contributed by atoms with E-state index in [0.29, 0.717) is 48.8 Å². The molecule has 0 saturated carbocycles. The molecule has 9 heteroatoms. The standard InChI is InChI=1S/C21H22N2O6S/c1-14(24)15-4-2-5-16(12-15)22-21(25)18-6-3-9-23(18)30(26,27)17-7-8-19-20(13-17)29-11-10-28-19/h2,4-5,7-8,12-13,18H,3,6,9-11H2,1H3,(H,22,25). The summed E-state index contributed by atoms with van der Waals surface area (Å²) in [5.74, 6) is 0.342. The van der Waals surface area contributed by atoms with Crippen LogP contribution in [0.5, 0.6) is 11.5 Å². The zero-order valence-corrected chi connectivity index (χ0v) is 17.3. The number of benzene rings is 2. The quantitative estimate of drug-likeness (QED) is 0.731. The number of carbonyl (C=O) groups excluding carboxylic acids is 2. The van der Waals surface area contributed by atoms with Gasteiger partial charge in [0, 0.05) is 23.9 Å². The number of amides is 1. The summed E-state index contributed by atoms with van der Waals surface area (Å²) in [7, 11) is -3.90. The fourth-order valence-electron chi connectivity index (χ4n) is 3.65. The molecule has 0 radical (unpaired) electrons. The van der Waals surface area contributed by atoms with Crippen LogP contribution in [-0.2, 0) is 14.8 Å². The van der Waals surface area contributed by atoms with Crippen molar-refractivity contribution in [2.75, 3.05) is 25.1 Å². The summed E-state index contributed by atoms with van der Waals surface area (Å²) in [6, 6.07) is 10.2. The second kappa shape index (κ2) is 8.08. The Morgan fingerprint density at radius 3 is 2.60 bits per heavy atom. The number of hydrogen-bond acceptors (Lipinski definition) is 6. The van der Waals surface area contributed by atoms with Crippen LogP contribution in [0.2, 0.25) is 0 Å². The highest BCUT2D eigenvalue weighted by atomic mass is 32.2. The third kappa shape index (κ3) is 3.90. The van der Waals surface area contributed by atoms with Gasteiger partial charge in [-0.25, -0.2) is 8.42 Å². The minimum Gasteiger partial charge on any atom is -0.486 e. The number of sulfonamides is 1. The largest absolute Gasteiger partial charge is 0.486 e. The first kappa shape index (κ1) is 20.4. The summed E-state index contributed by atoms with van der Waals surface area (Å²) in [5, 5.41) is 2.74. The normalized spacial score (nSPS) is 18.8. The van der Waals surface area contributed by atoms with Crippen LogP contribution in [0.4, 0.5) is 5.69 Å². The van der Waals surface area contributed by atoms with Gasteiger partial charge < -0.3 is 14.8 Å². The van der Waals surface area contributed by atoms with Crippen molar-refractivity contribution in [3.8, 4) is 11.5 Å². The fourth-order valence-corrected chi connectivity index (χ4v) is 5.32. The summed E-state index contributed by atoms with van der Waals surface area (Å²) in [5.41, 5.74) is 0.927. The van der Waals surface area contributed by atoms with E-state index >= 15 is 0 Å². The summed E-state index contributed by atoms with van der Waals surface area (Å²) in [4.78, 5) is 24.5.